The molecular formula is C17H19NO2. The SMILES string of the molecule is COc1cccc(N2Cc3ccccc3C2)c1C(C)O. The molecule has 1 N–H and O–H groups in total. The molecule has 20 heavy (non-hydrogen) atoms. The fourth-order valence-electron chi connectivity index (χ4n) is 2.91. The maximum atomic E-state index is 10.1. The molecule has 2 aromatic carbocycles. The summed E-state index contributed by atoms with van der Waals surface area (Å²) in [7, 11) is 1.64. The van der Waals surface area contributed by atoms with Crippen LogP contribution in [0.3, 0.4) is 0 Å². The number of nitrogens with zero attached hydrogens (tertiary/aromatic N) is 1. The standard InChI is InChI=1S/C17H19NO2/c1-12(19)17-15(8-5-9-16(17)20-2)18-10-13-6-3-4-7-14(13)11-18/h3-9,12,19H,10-11H2,1-2H3. The van der Waals surface area contributed by atoms with Crippen LogP contribution in [0.1, 0.15) is 29.7 Å². The van der Waals surface area contributed by atoms with Gasteiger partial charge < -0.3 is 14.7 Å². The maximum Gasteiger partial charge on any atom is 0.126 e. The van der Waals surface area contributed by atoms with Gasteiger partial charge in [0.25, 0.3) is 0 Å². The lowest BCUT2D eigenvalue weighted by Crippen LogP contribution is -2.17. The van der Waals surface area contributed by atoms with Gasteiger partial charge in [-0.3, -0.25) is 0 Å². The average Bonchev–Trinajstić information content (AvgIpc) is 2.90. The van der Waals surface area contributed by atoms with Crippen molar-refractivity contribution in [3.8, 4) is 5.75 Å². The summed E-state index contributed by atoms with van der Waals surface area (Å²) in [5, 5.41) is 10.1. The van der Waals surface area contributed by atoms with Gasteiger partial charge in [0.1, 0.15) is 5.75 Å². The van der Waals surface area contributed by atoms with Gasteiger partial charge in [-0.1, -0.05) is 30.3 Å². The summed E-state index contributed by atoms with van der Waals surface area (Å²) in [6.07, 6.45) is -0.551. The van der Waals surface area contributed by atoms with Crippen LogP contribution in [-0.4, -0.2) is 12.2 Å². The summed E-state index contributed by atoms with van der Waals surface area (Å²) in [6, 6.07) is 14.4. The average molecular weight is 269 g/mol. The van der Waals surface area contributed by atoms with Crippen LogP contribution in [0, 0.1) is 0 Å². The molecule has 0 amide bonds. The van der Waals surface area contributed by atoms with E-state index in [-0.39, 0.29) is 0 Å². The van der Waals surface area contributed by atoms with Crippen LogP contribution < -0.4 is 9.64 Å². The van der Waals surface area contributed by atoms with Gasteiger partial charge in [-0.25, -0.2) is 0 Å². The molecule has 0 aromatic heterocycles. The number of methoxy groups -OCH3 is 1. The molecule has 0 saturated carbocycles. The molecule has 0 bridgehead atoms. The van der Waals surface area contributed by atoms with Crippen molar-refractivity contribution in [1.29, 1.82) is 0 Å². The molecule has 0 fully saturated rings. The molecule has 1 unspecified atom stereocenters. The van der Waals surface area contributed by atoms with E-state index in [9.17, 15) is 5.11 Å². The van der Waals surface area contributed by atoms with Gasteiger partial charge in [-0.05, 0) is 30.2 Å². The molecule has 1 aliphatic rings. The van der Waals surface area contributed by atoms with Gasteiger partial charge >= 0.3 is 0 Å². The topological polar surface area (TPSA) is 32.7 Å². The van der Waals surface area contributed by atoms with Gasteiger partial charge in [-0.15, -0.1) is 0 Å². The summed E-state index contributed by atoms with van der Waals surface area (Å²) in [6.45, 7) is 3.54. The Balaban J connectivity index is 2.00. The minimum Gasteiger partial charge on any atom is -0.496 e. The molecule has 0 spiro atoms. The quantitative estimate of drug-likeness (QED) is 0.928. The van der Waals surface area contributed by atoms with Crippen LogP contribution in [0.15, 0.2) is 42.5 Å². The number of rotatable bonds is 3. The summed E-state index contributed by atoms with van der Waals surface area (Å²) >= 11 is 0. The van der Waals surface area contributed by atoms with E-state index in [4.69, 9.17) is 4.74 Å². The maximum absolute atomic E-state index is 10.1. The third kappa shape index (κ3) is 2.14. The lowest BCUT2D eigenvalue weighted by Gasteiger charge is -2.24. The molecule has 1 aliphatic heterocycles. The second-order valence-corrected chi connectivity index (χ2v) is 5.19. The van der Waals surface area contributed by atoms with Crippen LogP contribution in [0.4, 0.5) is 5.69 Å². The van der Waals surface area contributed by atoms with Crippen LogP contribution in [-0.2, 0) is 13.1 Å². The van der Waals surface area contributed by atoms with E-state index >= 15 is 0 Å². The highest BCUT2D eigenvalue weighted by Crippen LogP contribution is 2.38. The summed E-state index contributed by atoms with van der Waals surface area (Å²) in [5.41, 5.74) is 4.62. The predicted molar refractivity (Wildman–Crippen MR) is 80.0 cm³/mol. The molecule has 104 valence electrons. The van der Waals surface area contributed by atoms with Crippen molar-refractivity contribution in [2.24, 2.45) is 0 Å². The minimum atomic E-state index is -0.551. The number of aliphatic hydroxyl groups excluding tert-OH is 1. The fourth-order valence-corrected chi connectivity index (χ4v) is 2.91. The number of benzene rings is 2. The van der Waals surface area contributed by atoms with Crippen molar-refractivity contribution < 1.29 is 9.84 Å². The van der Waals surface area contributed by atoms with Gasteiger partial charge in [0.05, 0.1) is 13.2 Å². The van der Waals surface area contributed by atoms with Gasteiger partial charge in [0.15, 0.2) is 0 Å². The van der Waals surface area contributed by atoms with Gasteiger partial charge in [0, 0.05) is 24.3 Å². The van der Waals surface area contributed by atoms with Gasteiger partial charge in [0.2, 0.25) is 0 Å². The Morgan fingerprint density at radius 2 is 1.70 bits per heavy atom. The van der Waals surface area contributed by atoms with E-state index in [0.717, 1.165) is 30.1 Å². The number of hydrogen-bond donors (Lipinski definition) is 1. The van der Waals surface area contributed by atoms with E-state index in [1.165, 1.54) is 11.1 Å². The van der Waals surface area contributed by atoms with Crippen molar-refractivity contribution in [1.82, 2.24) is 0 Å². The van der Waals surface area contributed by atoms with E-state index in [1.54, 1.807) is 14.0 Å². The third-order valence-corrected chi connectivity index (χ3v) is 3.86. The van der Waals surface area contributed by atoms with Crippen molar-refractivity contribution >= 4 is 5.69 Å². The van der Waals surface area contributed by atoms with E-state index in [0.29, 0.717) is 0 Å². The Bertz CT molecular complexity index is 597. The molecule has 2 aromatic rings. The Kier molecular flexibility index (Phi) is 3.36. The number of hydrogen-bond acceptors (Lipinski definition) is 3. The first-order valence-corrected chi connectivity index (χ1v) is 6.87. The van der Waals surface area contributed by atoms with Crippen molar-refractivity contribution in [2.75, 3.05) is 12.0 Å². The zero-order valence-electron chi connectivity index (χ0n) is 11.8. The van der Waals surface area contributed by atoms with Gasteiger partial charge in [-0.2, -0.15) is 0 Å². The second kappa shape index (κ2) is 5.17. The third-order valence-electron chi connectivity index (χ3n) is 3.86. The minimum absolute atomic E-state index is 0.551. The molecule has 3 rings (SSSR count). The first-order chi connectivity index (χ1) is 9.70. The Morgan fingerprint density at radius 3 is 2.25 bits per heavy atom. The number of ether oxygens (including phenoxy) is 1. The molecular weight excluding hydrogens is 250 g/mol. The normalized spacial score (nSPS) is 15.1. The highest BCUT2D eigenvalue weighted by Gasteiger charge is 2.23. The molecule has 0 radical (unpaired) electrons. The molecule has 1 heterocycles. The second-order valence-electron chi connectivity index (χ2n) is 5.19. The van der Waals surface area contributed by atoms with Crippen LogP contribution >= 0.6 is 0 Å². The highest BCUT2D eigenvalue weighted by atomic mass is 16.5. The number of anilines is 1. The van der Waals surface area contributed by atoms with Crippen molar-refractivity contribution in [3.63, 3.8) is 0 Å². The van der Waals surface area contributed by atoms with E-state index in [2.05, 4.69) is 35.2 Å². The van der Waals surface area contributed by atoms with E-state index in [1.807, 2.05) is 12.1 Å². The first kappa shape index (κ1) is 13.0. The van der Waals surface area contributed by atoms with Crippen LogP contribution in [0.2, 0.25) is 0 Å². The Hall–Kier alpha value is -2.00. The monoisotopic (exact) mass is 269 g/mol. The number of aliphatic hydroxyl groups is 1. The molecule has 0 saturated heterocycles. The summed E-state index contributed by atoms with van der Waals surface area (Å²) in [4.78, 5) is 2.29. The molecule has 0 aliphatic carbocycles. The summed E-state index contributed by atoms with van der Waals surface area (Å²) < 4.78 is 5.40. The smallest absolute Gasteiger partial charge is 0.126 e. The van der Waals surface area contributed by atoms with Crippen LogP contribution in [0.25, 0.3) is 0 Å². The predicted octanol–water partition coefficient (Wildman–Crippen LogP) is 3.27. The zero-order valence-corrected chi connectivity index (χ0v) is 11.8. The van der Waals surface area contributed by atoms with E-state index < -0.39 is 6.10 Å². The highest BCUT2D eigenvalue weighted by molar-refractivity contribution is 5.62. The van der Waals surface area contributed by atoms with Crippen molar-refractivity contribution in [3.05, 3.63) is 59.2 Å². The lowest BCUT2D eigenvalue weighted by atomic mass is 10.1. The summed E-state index contributed by atoms with van der Waals surface area (Å²) in [5.74, 6) is 0.744. The fraction of sp³-hybridized carbons (Fsp3) is 0.294. The Labute approximate surface area is 119 Å². The largest absolute Gasteiger partial charge is 0.496 e. The van der Waals surface area contributed by atoms with Crippen LogP contribution in [0.5, 0.6) is 5.75 Å². The van der Waals surface area contributed by atoms with Crippen molar-refractivity contribution in [2.45, 2.75) is 26.1 Å². The Morgan fingerprint density at radius 1 is 1.05 bits per heavy atom. The first-order valence-electron chi connectivity index (χ1n) is 6.87. The lowest BCUT2D eigenvalue weighted by molar-refractivity contribution is 0.194. The molecule has 3 nitrogen and oxygen atoms in total. The molecule has 3 heteroatoms. The zero-order chi connectivity index (χ0) is 14.1. The molecule has 1 atom stereocenters. The number of fused-ring (bicyclic) bond motifs is 1.